The lowest BCUT2D eigenvalue weighted by Crippen LogP contribution is -2.48. The maximum Gasteiger partial charge on any atom is 0.349 e. The number of carboxylic acid groups (broad SMARTS) is 1. The van der Waals surface area contributed by atoms with Crippen molar-refractivity contribution in [3.8, 4) is 5.75 Å². The average Bonchev–Trinajstić information content (AvgIpc) is 2.86. The molecular formula is C27H25NO8. The summed E-state index contributed by atoms with van der Waals surface area (Å²) in [5, 5.41) is 12.3. The number of anilines is 1. The van der Waals surface area contributed by atoms with Crippen LogP contribution in [0.1, 0.15) is 31.8 Å². The number of ether oxygens (including phenoxy) is 3. The standard InChI is InChI=1S/C27H25NO8/c1-16-7-11-18(12-8-16)26(32)35-22(24(29)28-20-5-4-6-21(15-20)34-3)23(25(30)31)36-27(33)19-13-9-17(2)10-14-19/h4-15,22-23H,1-3H3,(H,28,29)(H,30,31). The molecule has 0 spiro atoms. The fourth-order valence-corrected chi connectivity index (χ4v) is 3.15. The highest BCUT2D eigenvalue weighted by molar-refractivity contribution is 6.01. The second-order valence-electron chi connectivity index (χ2n) is 7.94. The minimum absolute atomic E-state index is 0.0728. The molecule has 0 radical (unpaired) electrons. The van der Waals surface area contributed by atoms with Crippen LogP contribution >= 0.6 is 0 Å². The van der Waals surface area contributed by atoms with E-state index in [0.717, 1.165) is 11.1 Å². The molecule has 3 aromatic carbocycles. The first-order valence-electron chi connectivity index (χ1n) is 10.9. The predicted octanol–water partition coefficient (Wildman–Crippen LogP) is 3.79. The van der Waals surface area contributed by atoms with Gasteiger partial charge in [0.1, 0.15) is 5.75 Å². The number of aryl methyl sites for hydroxylation is 2. The van der Waals surface area contributed by atoms with Gasteiger partial charge >= 0.3 is 17.9 Å². The molecule has 0 aliphatic heterocycles. The van der Waals surface area contributed by atoms with Gasteiger partial charge in [-0.1, -0.05) is 41.5 Å². The van der Waals surface area contributed by atoms with Gasteiger partial charge in [0.05, 0.1) is 18.2 Å². The molecule has 0 aliphatic rings. The van der Waals surface area contributed by atoms with Gasteiger partial charge in [0.25, 0.3) is 5.91 Å². The van der Waals surface area contributed by atoms with Gasteiger partial charge < -0.3 is 24.6 Å². The number of hydrogen-bond acceptors (Lipinski definition) is 7. The first-order valence-corrected chi connectivity index (χ1v) is 10.9. The number of methoxy groups -OCH3 is 1. The van der Waals surface area contributed by atoms with Crippen LogP contribution in [0, 0.1) is 13.8 Å². The Bertz CT molecular complexity index is 1250. The van der Waals surface area contributed by atoms with Crippen molar-refractivity contribution in [3.05, 3.63) is 95.1 Å². The van der Waals surface area contributed by atoms with Crippen molar-refractivity contribution in [2.45, 2.75) is 26.1 Å². The molecule has 0 bridgehead atoms. The Morgan fingerprint density at radius 1 is 0.750 bits per heavy atom. The van der Waals surface area contributed by atoms with E-state index in [0.29, 0.717) is 5.75 Å². The van der Waals surface area contributed by atoms with Gasteiger partial charge in [-0.15, -0.1) is 0 Å². The fourth-order valence-electron chi connectivity index (χ4n) is 3.15. The van der Waals surface area contributed by atoms with Gasteiger partial charge in [-0.25, -0.2) is 14.4 Å². The molecule has 3 rings (SSSR count). The molecule has 2 atom stereocenters. The third-order valence-electron chi connectivity index (χ3n) is 5.16. The smallest absolute Gasteiger partial charge is 0.349 e. The molecular weight excluding hydrogens is 466 g/mol. The Balaban J connectivity index is 1.91. The molecule has 2 unspecified atom stereocenters. The summed E-state index contributed by atoms with van der Waals surface area (Å²) in [6.07, 6.45) is -4.13. The number of rotatable bonds is 9. The van der Waals surface area contributed by atoms with Crippen molar-refractivity contribution in [3.63, 3.8) is 0 Å². The van der Waals surface area contributed by atoms with Crippen molar-refractivity contribution >= 4 is 29.5 Å². The lowest BCUT2D eigenvalue weighted by molar-refractivity contribution is -0.157. The highest BCUT2D eigenvalue weighted by atomic mass is 16.6. The van der Waals surface area contributed by atoms with E-state index in [9.17, 15) is 24.3 Å². The van der Waals surface area contributed by atoms with Crippen LogP contribution in [0.15, 0.2) is 72.8 Å². The SMILES string of the molecule is COc1cccc(NC(=O)C(OC(=O)c2ccc(C)cc2)C(OC(=O)c2ccc(C)cc2)C(=O)O)c1. The molecule has 9 nitrogen and oxygen atoms in total. The largest absolute Gasteiger partial charge is 0.497 e. The summed E-state index contributed by atoms with van der Waals surface area (Å²) in [4.78, 5) is 50.7. The molecule has 0 heterocycles. The fraction of sp³-hybridized carbons (Fsp3) is 0.185. The monoisotopic (exact) mass is 491 g/mol. The molecule has 1 amide bonds. The first-order chi connectivity index (χ1) is 17.2. The second-order valence-corrected chi connectivity index (χ2v) is 7.94. The van der Waals surface area contributed by atoms with Crippen LogP contribution in [0.4, 0.5) is 5.69 Å². The van der Waals surface area contributed by atoms with Gasteiger partial charge in [-0.2, -0.15) is 0 Å². The van der Waals surface area contributed by atoms with Crippen molar-refractivity contribution < 1.29 is 38.5 Å². The van der Waals surface area contributed by atoms with Crippen LogP contribution in [0.25, 0.3) is 0 Å². The Labute approximate surface area is 207 Å². The summed E-state index contributed by atoms with van der Waals surface area (Å²) >= 11 is 0. The van der Waals surface area contributed by atoms with Crippen molar-refractivity contribution in [1.82, 2.24) is 0 Å². The third-order valence-corrected chi connectivity index (χ3v) is 5.16. The highest BCUT2D eigenvalue weighted by Gasteiger charge is 2.41. The number of benzene rings is 3. The zero-order valence-electron chi connectivity index (χ0n) is 19.9. The second kappa shape index (κ2) is 11.7. The van der Waals surface area contributed by atoms with Gasteiger partial charge in [0, 0.05) is 11.8 Å². The van der Waals surface area contributed by atoms with E-state index < -0.39 is 36.0 Å². The average molecular weight is 491 g/mol. The molecule has 3 aromatic rings. The molecule has 0 saturated heterocycles. The molecule has 0 aromatic heterocycles. The summed E-state index contributed by atoms with van der Waals surface area (Å²) < 4.78 is 15.6. The van der Waals surface area contributed by atoms with E-state index in [4.69, 9.17) is 14.2 Å². The molecule has 0 saturated carbocycles. The van der Waals surface area contributed by atoms with Crippen LogP contribution in [-0.4, -0.2) is 48.2 Å². The first kappa shape index (κ1) is 26.0. The topological polar surface area (TPSA) is 128 Å². The van der Waals surface area contributed by atoms with Gasteiger partial charge in [-0.3, -0.25) is 4.79 Å². The molecule has 0 fully saturated rings. The number of esters is 2. The van der Waals surface area contributed by atoms with E-state index >= 15 is 0 Å². The number of carbonyl (C=O) groups is 4. The van der Waals surface area contributed by atoms with Gasteiger partial charge in [0.15, 0.2) is 0 Å². The number of hydrogen-bond donors (Lipinski definition) is 2. The molecule has 186 valence electrons. The molecule has 0 aliphatic carbocycles. The lowest BCUT2D eigenvalue weighted by atomic mass is 10.1. The van der Waals surface area contributed by atoms with Gasteiger partial charge in [-0.05, 0) is 50.2 Å². The van der Waals surface area contributed by atoms with Crippen molar-refractivity contribution in [1.29, 1.82) is 0 Å². The third kappa shape index (κ3) is 6.69. The predicted molar refractivity (Wildman–Crippen MR) is 130 cm³/mol. The van der Waals surface area contributed by atoms with Crippen molar-refractivity contribution in [2.24, 2.45) is 0 Å². The summed E-state index contributed by atoms with van der Waals surface area (Å²) in [6.45, 7) is 3.64. The summed E-state index contributed by atoms with van der Waals surface area (Å²) in [5.74, 6) is -4.20. The maximum absolute atomic E-state index is 13.2. The van der Waals surface area contributed by atoms with Crippen molar-refractivity contribution in [2.75, 3.05) is 12.4 Å². The zero-order chi connectivity index (χ0) is 26.2. The Kier molecular flexibility index (Phi) is 8.40. The van der Waals surface area contributed by atoms with Crippen LogP contribution in [-0.2, 0) is 19.1 Å². The minimum atomic E-state index is -2.13. The quantitative estimate of drug-likeness (QED) is 0.433. The van der Waals surface area contributed by atoms with Crippen LogP contribution < -0.4 is 10.1 Å². The number of carbonyl (C=O) groups excluding carboxylic acids is 3. The summed E-state index contributed by atoms with van der Waals surface area (Å²) in [5.41, 5.74) is 2.18. The zero-order valence-corrected chi connectivity index (χ0v) is 19.9. The Morgan fingerprint density at radius 3 is 1.72 bits per heavy atom. The summed E-state index contributed by atoms with van der Waals surface area (Å²) in [7, 11) is 1.44. The molecule has 9 heteroatoms. The lowest BCUT2D eigenvalue weighted by Gasteiger charge is -2.23. The van der Waals surface area contributed by atoms with Crippen LogP contribution in [0.2, 0.25) is 0 Å². The van der Waals surface area contributed by atoms with E-state index in [1.54, 1.807) is 36.4 Å². The number of nitrogens with one attached hydrogen (secondary N) is 1. The summed E-state index contributed by atoms with van der Waals surface area (Å²) in [6, 6.07) is 18.8. The molecule has 36 heavy (non-hydrogen) atoms. The highest BCUT2D eigenvalue weighted by Crippen LogP contribution is 2.20. The Hall–Kier alpha value is -4.66. The number of aliphatic carboxylic acids is 1. The molecule has 2 N–H and O–H groups in total. The van der Waals surface area contributed by atoms with E-state index in [2.05, 4.69) is 5.32 Å². The van der Waals surface area contributed by atoms with E-state index in [1.807, 2.05) is 13.8 Å². The van der Waals surface area contributed by atoms with E-state index in [1.165, 1.54) is 43.5 Å². The maximum atomic E-state index is 13.2. The van der Waals surface area contributed by atoms with Crippen LogP contribution in [0.3, 0.4) is 0 Å². The van der Waals surface area contributed by atoms with Gasteiger partial charge in [0.2, 0.25) is 12.2 Å². The number of carboxylic acids is 1. The normalized spacial score (nSPS) is 12.1. The van der Waals surface area contributed by atoms with Crippen LogP contribution in [0.5, 0.6) is 5.75 Å². The minimum Gasteiger partial charge on any atom is -0.497 e. The number of amides is 1. The Morgan fingerprint density at radius 2 is 1.25 bits per heavy atom. The van der Waals surface area contributed by atoms with E-state index in [-0.39, 0.29) is 16.8 Å².